The zero-order chi connectivity index (χ0) is 23.2. The van der Waals surface area contributed by atoms with Crippen LogP contribution in [-0.4, -0.2) is 17.4 Å². The highest BCUT2D eigenvalue weighted by molar-refractivity contribution is 6.30. The fourth-order valence-corrected chi connectivity index (χ4v) is 3.73. The molecule has 4 aromatic rings. The molecule has 0 unspecified atom stereocenters. The van der Waals surface area contributed by atoms with Gasteiger partial charge in [-0.1, -0.05) is 41.9 Å². The van der Waals surface area contributed by atoms with Crippen molar-refractivity contribution in [3.63, 3.8) is 0 Å². The van der Waals surface area contributed by atoms with Gasteiger partial charge in [0.2, 0.25) is 0 Å². The lowest BCUT2D eigenvalue weighted by atomic mass is 10.1. The van der Waals surface area contributed by atoms with E-state index in [4.69, 9.17) is 11.6 Å². The molecule has 1 amide bonds. The number of carbonyl (C=O) groups is 1. The predicted molar refractivity (Wildman–Crippen MR) is 132 cm³/mol. The molecule has 0 N–H and O–H groups in total. The van der Waals surface area contributed by atoms with E-state index < -0.39 is 0 Å². The molecule has 0 aliphatic carbocycles. The molecule has 0 aliphatic rings. The van der Waals surface area contributed by atoms with Crippen LogP contribution >= 0.6 is 11.6 Å². The van der Waals surface area contributed by atoms with Crippen LogP contribution in [-0.2, 0) is 6.54 Å². The Kier molecular flexibility index (Phi) is 7.01. The van der Waals surface area contributed by atoms with Crippen LogP contribution in [0.2, 0.25) is 5.02 Å². The van der Waals surface area contributed by atoms with Crippen molar-refractivity contribution in [2.45, 2.75) is 13.5 Å². The molecule has 0 spiro atoms. The normalized spacial score (nSPS) is 10.6. The Morgan fingerprint density at radius 3 is 2.27 bits per heavy atom. The SMILES string of the molecule is CCN(c1ccccc1)c1cc(N(Cc2ccc(F)cc2)C(=O)c2ccc(Cl)cc2)ccn1. The van der Waals surface area contributed by atoms with Gasteiger partial charge in [-0.2, -0.15) is 0 Å². The van der Waals surface area contributed by atoms with E-state index in [1.165, 1.54) is 12.1 Å². The number of anilines is 3. The average molecular weight is 460 g/mol. The fourth-order valence-electron chi connectivity index (χ4n) is 3.61. The second-order valence-corrected chi connectivity index (χ2v) is 7.91. The van der Waals surface area contributed by atoms with Crippen molar-refractivity contribution < 1.29 is 9.18 Å². The van der Waals surface area contributed by atoms with Gasteiger partial charge < -0.3 is 9.80 Å². The van der Waals surface area contributed by atoms with E-state index in [9.17, 15) is 9.18 Å². The number of pyridine rings is 1. The van der Waals surface area contributed by atoms with E-state index in [0.29, 0.717) is 22.8 Å². The molecule has 4 rings (SSSR count). The first-order valence-corrected chi connectivity index (χ1v) is 11.0. The lowest BCUT2D eigenvalue weighted by molar-refractivity contribution is 0.0985. The van der Waals surface area contributed by atoms with Gasteiger partial charge in [0.15, 0.2) is 0 Å². The number of aromatic nitrogens is 1. The van der Waals surface area contributed by atoms with E-state index in [1.807, 2.05) is 36.4 Å². The van der Waals surface area contributed by atoms with E-state index in [0.717, 1.165) is 17.1 Å². The van der Waals surface area contributed by atoms with Gasteiger partial charge in [-0.15, -0.1) is 0 Å². The van der Waals surface area contributed by atoms with Crippen molar-refractivity contribution >= 4 is 34.7 Å². The molecule has 166 valence electrons. The van der Waals surface area contributed by atoms with Crippen LogP contribution in [0.1, 0.15) is 22.8 Å². The quantitative estimate of drug-likeness (QED) is 0.302. The molecule has 4 nitrogen and oxygen atoms in total. The van der Waals surface area contributed by atoms with Crippen LogP contribution in [0.5, 0.6) is 0 Å². The lowest BCUT2D eigenvalue weighted by Crippen LogP contribution is -2.30. The topological polar surface area (TPSA) is 36.4 Å². The molecule has 6 heteroatoms. The maximum Gasteiger partial charge on any atom is 0.258 e. The maximum absolute atomic E-state index is 13.5. The summed E-state index contributed by atoms with van der Waals surface area (Å²) in [5.74, 6) is 0.229. The first-order valence-electron chi connectivity index (χ1n) is 10.7. The number of hydrogen-bond donors (Lipinski definition) is 0. The Balaban J connectivity index is 1.73. The summed E-state index contributed by atoms with van der Waals surface area (Å²) in [6.45, 7) is 3.04. The van der Waals surface area contributed by atoms with Crippen LogP contribution in [0.15, 0.2) is 97.2 Å². The third kappa shape index (κ3) is 5.38. The number of rotatable bonds is 7. The van der Waals surface area contributed by atoms with Crippen LogP contribution in [0, 0.1) is 5.82 Å². The molecule has 1 aromatic heterocycles. The van der Waals surface area contributed by atoms with Crippen molar-refractivity contribution in [1.29, 1.82) is 0 Å². The molecule has 0 aliphatic heterocycles. The lowest BCUT2D eigenvalue weighted by Gasteiger charge is -2.26. The number of hydrogen-bond acceptors (Lipinski definition) is 3. The van der Waals surface area contributed by atoms with Crippen molar-refractivity contribution in [2.24, 2.45) is 0 Å². The molecular formula is C27H23ClFN3O. The largest absolute Gasteiger partial charge is 0.327 e. The zero-order valence-electron chi connectivity index (χ0n) is 18.2. The number of halogens is 2. The fraction of sp³-hybridized carbons (Fsp3) is 0.111. The molecule has 1 heterocycles. The molecule has 0 bridgehead atoms. The Morgan fingerprint density at radius 1 is 0.909 bits per heavy atom. The van der Waals surface area contributed by atoms with Crippen molar-refractivity contribution in [2.75, 3.05) is 16.3 Å². The molecule has 33 heavy (non-hydrogen) atoms. The minimum Gasteiger partial charge on any atom is -0.327 e. The van der Waals surface area contributed by atoms with Gasteiger partial charge in [-0.05, 0) is 67.1 Å². The van der Waals surface area contributed by atoms with Gasteiger partial charge >= 0.3 is 0 Å². The second kappa shape index (κ2) is 10.3. The molecule has 0 saturated heterocycles. The number of nitrogens with zero attached hydrogens (tertiary/aromatic N) is 3. The van der Waals surface area contributed by atoms with E-state index in [1.54, 1.807) is 53.6 Å². The van der Waals surface area contributed by atoms with E-state index in [2.05, 4.69) is 16.8 Å². The number of carbonyl (C=O) groups excluding carboxylic acids is 1. The Hall–Kier alpha value is -3.70. The first-order chi connectivity index (χ1) is 16.0. The zero-order valence-corrected chi connectivity index (χ0v) is 18.9. The predicted octanol–water partition coefficient (Wildman–Crippen LogP) is 6.88. The minimum atomic E-state index is -0.318. The third-order valence-electron chi connectivity index (χ3n) is 5.29. The first kappa shape index (κ1) is 22.5. The summed E-state index contributed by atoms with van der Waals surface area (Å²) in [4.78, 5) is 21.8. The molecule has 0 saturated carbocycles. The maximum atomic E-state index is 13.5. The highest BCUT2D eigenvalue weighted by atomic mass is 35.5. The van der Waals surface area contributed by atoms with Crippen molar-refractivity contribution in [3.05, 3.63) is 119 Å². The van der Waals surface area contributed by atoms with Crippen LogP contribution in [0.25, 0.3) is 0 Å². The van der Waals surface area contributed by atoms with Gasteiger partial charge in [0.1, 0.15) is 11.6 Å². The molecule has 0 atom stereocenters. The standard InChI is InChI=1S/C27H23ClFN3O/c1-2-31(24-6-4-3-5-7-24)26-18-25(16-17-30-26)32(19-20-8-14-23(29)15-9-20)27(33)21-10-12-22(28)13-11-21/h3-18H,2,19H2,1H3. The number of benzene rings is 3. The van der Waals surface area contributed by atoms with Gasteiger partial charge in [-0.25, -0.2) is 9.37 Å². The van der Waals surface area contributed by atoms with Gasteiger partial charge in [0, 0.05) is 40.8 Å². The summed E-state index contributed by atoms with van der Waals surface area (Å²) in [6, 6.07) is 26.6. The summed E-state index contributed by atoms with van der Waals surface area (Å²) in [5.41, 5.74) is 3.03. The summed E-state index contributed by atoms with van der Waals surface area (Å²) in [7, 11) is 0. The van der Waals surface area contributed by atoms with E-state index in [-0.39, 0.29) is 18.3 Å². The van der Waals surface area contributed by atoms with Crippen LogP contribution < -0.4 is 9.80 Å². The molecule has 0 fully saturated rings. The van der Waals surface area contributed by atoms with Gasteiger partial charge in [-0.3, -0.25) is 4.79 Å². The Labute approximate surface area is 197 Å². The summed E-state index contributed by atoms with van der Waals surface area (Å²) < 4.78 is 13.4. The smallest absolute Gasteiger partial charge is 0.258 e. The van der Waals surface area contributed by atoms with Crippen LogP contribution in [0.3, 0.4) is 0 Å². The molecule has 3 aromatic carbocycles. The summed E-state index contributed by atoms with van der Waals surface area (Å²) in [5, 5.41) is 0.560. The summed E-state index contributed by atoms with van der Waals surface area (Å²) >= 11 is 6.01. The van der Waals surface area contributed by atoms with Gasteiger partial charge in [0.05, 0.1) is 6.54 Å². The Bertz CT molecular complexity index is 1210. The monoisotopic (exact) mass is 459 g/mol. The number of para-hydroxylation sites is 1. The summed E-state index contributed by atoms with van der Waals surface area (Å²) in [6.07, 6.45) is 1.70. The highest BCUT2D eigenvalue weighted by Crippen LogP contribution is 2.28. The average Bonchev–Trinajstić information content (AvgIpc) is 2.85. The Morgan fingerprint density at radius 2 is 1.61 bits per heavy atom. The highest BCUT2D eigenvalue weighted by Gasteiger charge is 2.20. The number of amides is 1. The van der Waals surface area contributed by atoms with Gasteiger partial charge in [0.25, 0.3) is 5.91 Å². The molecular weight excluding hydrogens is 437 g/mol. The van der Waals surface area contributed by atoms with E-state index >= 15 is 0 Å². The molecule has 0 radical (unpaired) electrons. The second-order valence-electron chi connectivity index (χ2n) is 7.48. The minimum absolute atomic E-state index is 0.184. The van der Waals surface area contributed by atoms with Crippen molar-refractivity contribution in [1.82, 2.24) is 4.98 Å². The van der Waals surface area contributed by atoms with Crippen LogP contribution in [0.4, 0.5) is 21.6 Å². The van der Waals surface area contributed by atoms with Crippen molar-refractivity contribution in [3.8, 4) is 0 Å². The third-order valence-corrected chi connectivity index (χ3v) is 5.54.